The van der Waals surface area contributed by atoms with Gasteiger partial charge in [-0.2, -0.15) is 0 Å². The Labute approximate surface area is 141 Å². The van der Waals surface area contributed by atoms with Crippen LogP contribution in [-0.4, -0.2) is 39.0 Å². The number of nitrogens with zero attached hydrogens (tertiary/aromatic N) is 2. The number of hydrogen-bond donors (Lipinski definition) is 2. The summed E-state index contributed by atoms with van der Waals surface area (Å²) >= 11 is 1.41. The van der Waals surface area contributed by atoms with Gasteiger partial charge in [-0.1, -0.05) is 23.9 Å². The second kappa shape index (κ2) is 8.17. The Morgan fingerprint density at radius 3 is 2.96 bits per heavy atom. The van der Waals surface area contributed by atoms with Crippen LogP contribution in [0.1, 0.15) is 24.5 Å². The summed E-state index contributed by atoms with van der Waals surface area (Å²) in [7, 11) is 0. The van der Waals surface area contributed by atoms with E-state index in [4.69, 9.17) is 5.11 Å². The van der Waals surface area contributed by atoms with Crippen LogP contribution in [0.4, 0.5) is 0 Å². The van der Waals surface area contributed by atoms with Crippen LogP contribution in [0.2, 0.25) is 0 Å². The van der Waals surface area contributed by atoms with Crippen molar-refractivity contribution < 1.29 is 9.90 Å². The van der Waals surface area contributed by atoms with Gasteiger partial charge in [-0.05, 0) is 44.4 Å². The van der Waals surface area contributed by atoms with Gasteiger partial charge in [0.05, 0.1) is 11.4 Å². The van der Waals surface area contributed by atoms with Crippen LogP contribution in [-0.2, 0) is 4.79 Å². The van der Waals surface area contributed by atoms with E-state index in [1.165, 1.54) is 22.9 Å². The second-order valence-corrected chi connectivity index (χ2v) is 6.51. The molecule has 2 N–H and O–H groups in total. The van der Waals surface area contributed by atoms with E-state index in [0.717, 1.165) is 10.8 Å². The molecule has 1 aromatic carbocycles. The molecule has 0 aliphatic rings. The van der Waals surface area contributed by atoms with Gasteiger partial charge in [-0.25, -0.2) is 4.98 Å². The second-order valence-electron chi connectivity index (χ2n) is 5.57. The fourth-order valence-corrected chi connectivity index (χ4v) is 3.07. The number of rotatable bonds is 7. The third-order valence-electron chi connectivity index (χ3n) is 3.74. The average Bonchev–Trinajstić information content (AvgIpc) is 2.96. The summed E-state index contributed by atoms with van der Waals surface area (Å²) in [6, 6.07) is 6.14. The van der Waals surface area contributed by atoms with Gasteiger partial charge in [0.15, 0.2) is 5.16 Å². The first-order valence-electron chi connectivity index (χ1n) is 7.66. The van der Waals surface area contributed by atoms with Crippen molar-refractivity contribution in [2.45, 2.75) is 38.4 Å². The number of nitrogens with one attached hydrogen (secondary N) is 1. The lowest BCUT2D eigenvalue weighted by Crippen LogP contribution is -2.34. The predicted octanol–water partition coefficient (Wildman–Crippen LogP) is 2.47. The molecule has 1 unspecified atom stereocenters. The Bertz CT molecular complexity index is 670. The van der Waals surface area contributed by atoms with Crippen molar-refractivity contribution in [1.29, 1.82) is 0 Å². The molecule has 2 rings (SSSR count). The van der Waals surface area contributed by atoms with E-state index in [2.05, 4.69) is 36.3 Å². The van der Waals surface area contributed by atoms with E-state index >= 15 is 0 Å². The minimum Gasteiger partial charge on any atom is -0.396 e. The van der Waals surface area contributed by atoms with Crippen molar-refractivity contribution >= 4 is 17.7 Å². The molecule has 1 heterocycles. The molecule has 0 saturated heterocycles. The van der Waals surface area contributed by atoms with E-state index in [9.17, 15) is 4.79 Å². The molecule has 1 aromatic heterocycles. The monoisotopic (exact) mass is 333 g/mol. The summed E-state index contributed by atoms with van der Waals surface area (Å²) in [5, 5.41) is 12.5. The quantitative estimate of drug-likeness (QED) is 0.764. The molecule has 2 aromatic rings. The molecular formula is C17H23N3O2S. The number of hydrogen-bond acceptors (Lipinski definition) is 4. The first-order valence-corrected chi connectivity index (χ1v) is 8.64. The number of imidazole rings is 1. The third kappa shape index (κ3) is 4.59. The van der Waals surface area contributed by atoms with Crippen molar-refractivity contribution in [1.82, 2.24) is 14.9 Å². The van der Waals surface area contributed by atoms with E-state index < -0.39 is 0 Å². The van der Waals surface area contributed by atoms with Gasteiger partial charge in [-0.3, -0.25) is 9.36 Å². The summed E-state index contributed by atoms with van der Waals surface area (Å²) in [6.07, 6.45) is 4.22. The van der Waals surface area contributed by atoms with Gasteiger partial charge in [0.25, 0.3) is 0 Å². The SMILES string of the molecule is Cc1cccc(-n2ccnc2SCC(=O)NC(C)CCO)c1C. The highest BCUT2D eigenvalue weighted by atomic mass is 32.2. The number of aromatic nitrogens is 2. The molecule has 1 atom stereocenters. The summed E-state index contributed by atoms with van der Waals surface area (Å²) in [5.74, 6) is 0.254. The van der Waals surface area contributed by atoms with E-state index in [1.807, 2.05) is 23.8 Å². The van der Waals surface area contributed by atoms with Crippen LogP contribution >= 0.6 is 11.8 Å². The summed E-state index contributed by atoms with van der Waals surface area (Å²) in [4.78, 5) is 16.3. The number of aliphatic hydroxyl groups excluding tert-OH is 1. The normalized spacial score (nSPS) is 12.2. The van der Waals surface area contributed by atoms with E-state index in [1.54, 1.807) is 6.20 Å². The van der Waals surface area contributed by atoms with Crippen molar-refractivity contribution in [2.24, 2.45) is 0 Å². The van der Waals surface area contributed by atoms with Crippen LogP contribution in [0.3, 0.4) is 0 Å². The van der Waals surface area contributed by atoms with Crippen LogP contribution in [0.15, 0.2) is 35.7 Å². The van der Waals surface area contributed by atoms with Gasteiger partial charge in [-0.15, -0.1) is 0 Å². The maximum Gasteiger partial charge on any atom is 0.230 e. The summed E-state index contributed by atoms with van der Waals surface area (Å²) in [5.41, 5.74) is 3.51. The maximum absolute atomic E-state index is 11.9. The summed E-state index contributed by atoms with van der Waals surface area (Å²) < 4.78 is 2.01. The van der Waals surface area contributed by atoms with Gasteiger partial charge in [0, 0.05) is 25.0 Å². The zero-order valence-electron chi connectivity index (χ0n) is 13.7. The highest BCUT2D eigenvalue weighted by molar-refractivity contribution is 7.99. The zero-order chi connectivity index (χ0) is 16.8. The molecule has 1 amide bonds. The van der Waals surface area contributed by atoms with Crippen molar-refractivity contribution in [2.75, 3.05) is 12.4 Å². The Morgan fingerprint density at radius 2 is 2.22 bits per heavy atom. The Kier molecular flexibility index (Phi) is 6.24. The number of benzene rings is 1. The number of aryl methyl sites for hydroxylation is 1. The molecule has 0 spiro atoms. The number of carbonyl (C=O) groups excluding carboxylic acids is 1. The van der Waals surface area contributed by atoms with Crippen LogP contribution in [0.25, 0.3) is 5.69 Å². The number of aliphatic hydroxyl groups is 1. The Balaban J connectivity index is 2.04. The topological polar surface area (TPSA) is 67.2 Å². The Morgan fingerprint density at radius 1 is 1.43 bits per heavy atom. The van der Waals surface area contributed by atoms with Crippen molar-refractivity contribution in [3.63, 3.8) is 0 Å². The number of carbonyl (C=O) groups is 1. The standard InChI is InChI=1S/C17H23N3O2S/c1-12-5-4-6-15(14(12)3)20-9-8-18-17(20)23-11-16(22)19-13(2)7-10-21/h4-6,8-9,13,21H,7,10-11H2,1-3H3,(H,19,22). The van der Waals surface area contributed by atoms with Crippen LogP contribution in [0, 0.1) is 13.8 Å². The lowest BCUT2D eigenvalue weighted by atomic mass is 10.1. The molecule has 0 saturated carbocycles. The molecule has 124 valence electrons. The highest BCUT2D eigenvalue weighted by Gasteiger charge is 2.12. The van der Waals surface area contributed by atoms with Gasteiger partial charge >= 0.3 is 0 Å². The first kappa shape index (κ1) is 17.6. The fourth-order valence-electron chi connectivity index (χ4n) is 2.29. The molecule has 6 heteroatoms. The zero-order valence-corrected chi connectivity index (χ0v) is 14.6. The largest absolute Gasteiger partial charge is 0.396 e. The summed E-state index contributed by atoms with van der Waals surface area (Å²) in [6.45, 7) is 6.13. The average molecular weight is 333 g/mol. The van der Waals surface area contributed by atoms with Crippen LogP contribution in [0.5, 0.6) is 0 Å². The molecule has 0 bridgehead atoms. The molecule has 0 radical (unpaired) electrons. The van der Waals surface area contributed by atoms with Crippen molar-refractivity contribution in [3.8, 4) is 5.69 Å². The molecule has 0 fully saturated rings. The lowest BCUT2D eigenvalue weighted by molar-refractivity contribution is -0.119. The third-order valence-corrected chi connectivity index (χ3v) is 4.71. The predicted molar refractivity (Wildman–Crippen MR) is 93.1 cm³/mol. The minimum absolute atomic E-state index is 0.0214. The fraction of sp³-hybridized carbons (Fsp3) is 0.412. The lowest BCUT2D eigenvalue weighted by Gasteiger charge is -2.14. The molecule has 5 nitrogen and oxygen atoms in total. The smallest absolute Gasteiger partial charge is 0.230 e. The first-order chi connectivity index (χ1) is 11.0. The van der Waals surface area contributed by atoms with Gasteiger partial charge in [0.1, 0.15) is 0 Å². The number of amides is 1. The minimum atomic E-state index is -0.0496. The van der Waals surface area contributed by atoms with E-state index in [0.29, 0.717) is 12.2 Å². The molecule has 0 aliphatic carbocycles. The Hall–Kier alpha value is -1.79. The van der Waals surface area contributed by atoms with Gasteiger partial charge < -0.3 is 10.4 Å². The van der Waals surface area contributed by atoms with Crippen molar-refractivity contribution in [3.05, 3.63) is 41.7 Å². The molecule has 0 aliphatic heterocycles. The molecular weight excluding hydrogens is 310 g/mol. The maximum atomic E-state index is 11.9. The van der Waals surface area contributed by atoms with Crippen LogP contribution < -0.4 is 5.32 Å². The highest BCUT2D eigenvalue weighted by Crippen LogP contribution is 2.24. The molecule has 23 heavy (non-hydrogen) atoms. The van der Waals surface area contributed by atoms with E-state index in [-0.39, 0.29) is 18.6 Å². The number of thioether (sulfide) groups is 1. The van der Waals surface area contributed by atoms with Gasteiger partial charge in [0.2, 0.25) is 5.91 Å².